The van der Waals surface area contributed by atoms with E-state index in [1.807, 2.05) is 13.8 Å². The summed E-state index contributed by atoms with van der Waals surface area (Å²) in [5.41, 5.74) is 1.00. The van der Waals surface area contributed by atoms with Gasteiger partial charge < -0.3 is 10.4 Å². The van der Waals surface area contributed by atoms with Crippen molar-refractivity contribution in [2.45, 2.75) is 19.4 Å². The first-order valence-electron chi connectivity index (χ1n) is 3.32. The maximum Gasteiger partial charge on any atom is 0.0607 e. The Kier molecular flexibility index (Phi) is 5.10. The molecular formula is C7H13Cl2NO. The average Bonchev–Trinajstić information content (AvgIpc) is 2.00. The number of hydrogen-bond acceptors (Lipinski definition) is 2. The Bertz CT molecular complexity index is 145. The highest BCUT2D eigenvalue weighted by Gasteiger charge is 2.14. The minimum Gasteiger partial charge on any atom is -0.394 e. The third kappa shape index (κ3) is 5.50. The highest BCUT2D eigenvalue weighted by atomic mass is 35.5. The van der Waals surface area contributed by atoms with Crippen LogP contribution in [0.4, 0.5) is 0 Å². The van der Waals surface area contributed by atoms with Crippen LogP contribution in [0, 0.1) is 0 Å². The van der Waals surface area contributed by atoms with Crippen LogP contribution < -0.4 is 5.32 Å². The SMILES string of the molecule is CC(C)(CO)NC/C(Cl)=C/Cl. The van der Waals surface area contributed by atoms with Crippen molar-refractivity contribution in [1.82, 2.24) is 5.32 Å². The van der Waals surface area contributed by atoms with E-state index < -0.39 is 0 Å². The van der Waals surface area contributed by atoms with Gasteiger partial charge >= 0.3 is 0 Å². The number of halogens is 2. The van der Waals surface area contributed by atoms with Gasteiger partial charge in [-0.3, -0.25) is 0 Å². The van der Waals surface area contributed by atoms with Gasteiger partial charge in [-0.25, -0.2) is 0 Å². The quantitative estimate of drug-likeness (QED) is 0.720. The van der Waals surface area contributed by atoms with Crippen molar-refractivity contribution < 1.29 is 5.11 Å². The van der Waals surface area contributed by atoms with Crippen molar-refractivity contribution in [2.24, 2.45) is 0 Å². The zero-order valence-corrected chi connectivity index (χ0v) is 8.21. The fourth-order valence-corrected chi connectivity index (χ4v) is 0.562. The molecule has 66 valence electrons. The minimum atomic E-state index is -0.306. The predicted molar refractivity (Wildman–Crippen MR) is 49.0 cm³/mol. The second kappa shape index (κ2) is 4.99. The molecule has 0 atom stereocenters. The fourth-order valence-electron chi connectivity index (χ4n) is 0.418. The monoisotopic (exact) mass is 197 g/mol. The van der Waals surface area contributed by atoms with E-state index in [1.165, 1.54) is 5.54 Å². The second-order valence-corrected chi connectivity index (χ2v) is 3.66. The molecule has 0 aromatic rings. The summed E-state index contributed by atoms with van der Waals surface area (Å²) in [7, 11) is 0. The molecule has 0 fully saturated rings. The molecule has 0 unspecified atom stereocenters. The highest BCUT2D eigenvalue weighted by Crippen LogP contribution is 2.05. The molecule has 11 heavy (non-hydrogen) atoms. The van der Waals surface area contributed by atoms with Gasteiger partial charge in [-0.15, -0.1) is 0 Å². The van der Waals surface area contributed by atoms with Crippen LogP contribution in [0.1, 0.15) is 13.8 Å². The van der Waals surface area contributed by atoms with Gasteiger partial charge in [0.25, 0.3) is 0 Å². The predicted octanol–water partition coefficient (Wildman–Crippen LogP) is 1.67. The number of aliphatic hydroxyl groups is 1. The van der Waals surface area contributed by atoms with Gasteiger partial charge in [-0.05, 0) is 13.8 Å². The lowest BCUT2D eigenvalue weighted by Crippen LogP contribution is -2.43. The van der Waals surface area contributed by atoms with Crippen LogP contribution in [0.2, 0.25) is 0 Å². The van der Waals surface area contributed by atoms with E-state index in [2.05, 4.69) is 5.32 Å². The maximum atomic E-state index is 8.82. The summed E-state index contributed by atoms with van der Waals surface area (Å²) in [6.45, 7) is 4.31. The molecule has 0 radical (unpaired) electrons. The molecule has 0 aliphatic rings. The number of aliphatic hydroxyl groups excluding tert-OH is 1. The Labute approximate surface area is 77.2 Å². The Morgan fingerprint density at radius 2 is 2.18 bits per heavy atom. The van der Waals surface area contributed by atoms with Gasteiger partial charge in [0.15, 0.2) is 0 Å². The first kappa shape index (κ1) is 11.2. The van der Waals surface area contributed by atoms with Crippen molar-refractivity contribution in [3.63, 3.8) is 0 Å². The number of rotatable bonds is 4. The number of nitrogens with one attached hydrogen (secondary N) is 1. The zero-order valence-electron chi connectivity index (χ0n) is 6.69. The average molecular weight is 198 g/mol. The lowest BCUT2D eigenvalue weighted by Gasteiger charge is -2.22. The normalized spacial score (nSPS) is 13.7. The van der Waals surface area contributed by atoms with Crippen LogP contribution >= 0.6 is 23.2 Å². The summed E-state index contributed by atoms with van der Waals surface area (Å²) < 4.78 is 0. The zero-order chi connectivity index (χ0) is 8.91. The summed E-state index contributed by atoms with van der Waals surface area (Å²) in [6.07, 6.45) is 0. The van der Waals surface area contributed by atoms with Gasteiger partial charge in [-0.1, -0.05) is 23.2 Å². The molecule has 4 heteroatoms. The molecular weight excluding hydrogens is 185 g/mol. The van der Waals surface area contributed by atoms with Gasteiger partial charge in [0.2, 0.25) is 0 Å². The largest absolute Gasteiger partial charge is 0.394 e. The molecule has 0 heterocycles. The Balaban J connectivity index is 3.70. The van der Waals surface area contributed by atoms with Crippen molar-refractivity contribution in [2.75, 3.05) is 13.2 Å². The first-order chi connectivity index (χ1) is 5.02. The lowest BCUT2D eigenvalue weighted by atomic mass is 10.1. The molecule has 0 saturated heterocycles. The highest BCUT2D eigenvalue weighted by molar-refractivity contribution is 6.36. The van der Waals surface area contributed by atoms with Gasteiger partial charge in [0.1, 0.15) is 0 Å². The van der Waals surface area contributed by atoms with Crippen LogP contribution in [0.25, 0.3) is 0 Å². The summed E-state index contributed by atoms with van der Waals surface area (Å²) in [5.74, 6) is 0. The molecule has 0 rings (SSSR count). The van der Waals surface area contributed by atoms with Crippen molar-refractivity contribution in [3.8, 4) is 0 Å². The van der Waals surface area contributed by atoms with E-state index >= 15 is 0 Å². The van der Waals surface area contributed by atoms with E-state index in [0.717, 1.165) is 0 Å². The molecule has 0 saturated carbocycles. The molecule has 2 N–H and O–H groups in total. The molecule has 0 bridgehead atoms. The molecule has 0 aromatic carbocycles. The van der Waals surface area contributed by atoms with Crippen molar-refractivity contribution >= 4 is 23.2 Å². The molecule has 0 aliphatic carbocycles. The maximum absolute atomic E-state index is 8.82. The molecule has 0 spiro atoms. The van der Waals surface area contributed by atoms with Crippen LogP contribution in [-0.2, 0) is 0 Å². The van der Waals surface area contributed by atoms with Crippen LogP contribution in [0.5, 0.6) is 0 Å². The molecule has 0 amide bonds. The summed E-state index contributed by atoms with van der Waals surface area (Å²) in [5, 5.41) is 12.4. The van der Waals surface area contributed by atoms with Crippen LogP contribution in [-0.4, -0.2) is 23.8 Å². The van der Waals surface area contributed by atoms with Gasteiger partial charge in [-0.2, -0.15) is 0 Å². The van der Waals surface area contributed by atoms with Crippen molar-refractivity contribution in [3.05, 3.63) is 10.6 Å². The summed E-state index contributed by atoms with van der Waals surface area (Å²) in [6, 6.07) is 0. The van der Waals surface area contributed by atoms with Crippen molar-refractivity contribution in [1.29, 1.82) is 0 Å². The Morgan fingerprint density at radius 3 is 2.55 bits per heavy atom. The third-order valence-corrected chi connectivity index (χ3v) is 1.87. The van der Waals surface area contributed by atoms with E-state index in [4.69, 9.17) is 28.3 Å². The third-order valence-electron chi connectivity index (χ3n) is 1.25. The first-order valence-corrected chi connectivity index (χ1v) is 4.14. The van der Waals surface area contributed by atoms with E-state index in [1.54, 1.807) is 0 Å². The second-order valence-electron chi connectivity index (χ2n) is 2.95. The van der Waals surface area contributed by atoms with E-state index in [9.17, 15) is 0 Å². The summed E-state index contributed by atoms with van der Waals surface area (Å²) >= 11 is 10.9. The Morgan fingerprint density at radius 1 is 1.64 bits per heavy atom. The van der Waals surface area contributed by atoms with Crippen LogP contribution in [0.15, 0.2) is 10.6 Å². The van der Waals surface area contributed by atoms with Crippen LogP contribution in [0.3, 0.4) is 0 Å². The molecule has 0 aliphatic heterocycles. The minimum absolute atomic E-state index is 0.0689. The lowest BCUT2D eigenvalue weighted by molar-refractivity contribution is 0.192. The molecule has 2 nitrogen and oxygen atoms in total. The summed E-state index contributed by atoms with van der Waals surface area (Å²) in [4.78, 5) is 0. The van der Waals surface area contributed by atoms with Gasteiger partial charge in [0.05, 0.1) is 6.61 Å². The fraction of sp³-hybridized carbons (Fsp3) is 0.714. The topological polar surface area (TPSA) is 32.3 Å². The van der Waals surface area contributed by atoms with E-state index in [-0.39, 0.29) is 12.1 Å². The standard InChI is InChI=1S/C7H13Cl2NO/c1-7(2,5-11)10-4-6(9)3-8/h3,10-11H,4-5H2,1-2H3/b6-3-. The number of hydrogen-bond donors (Lipinski definition) is 2. The van der Waals surface area contributed by atoms with Gasteiger partial charge in [0, 0.05) is 22.7 Å². The van der Waals surface area contributed by atoms with E-state index in [0.29, 0.717) is 11.6 Å². The Hall–Kier alpha value is 0.240. The smallest absolute Gasteiger partial charge is 0.0607 e. The molecule has 0 aromatic heterocycles.